The van der Waals surface area contributed by atoms with Gasteiger partial charge in [-0.3, -0.25) is 0 Å². The summed E-state index contributed by atoms with van der Waals surface area (Å²) in [6, 6.07) is 0.839. The highest BCUT2D eigenvalue weighted by Crippen LogP contribution is 2.36. The van der Waals surface area contributed by atoms with Crippen molar-refractivity contribution in [3.05, 3.63) is 15.8 Å². The van der Waals surface area contributed by atoms with Crippen molar-refractivity contribution in [1.29, 1.82) is 0 Å². The predicted octanol–water partition coefficient (Wildman–Crippen LogP) is 2.73. The molecule has 0 aliphatic carbocycles. The van der Waals surface area contributed by atoms with Crippen molar-refractivity contribution >= 4 is 29.0 Å². The van der Waals surface area contributed by atoms with Gasteiger partial charge in [-0.1, -0.05) is 20.8 Å². The first-order chi connectivity index (χ1) is 10.1. The molecule has 124 valence electrons. The minimum atomic E-state index is -1.05. The highest BCUT2D eigenvalue weighted by atomic mass is 32.1. The van der Waals surface area contributed by atoms with Crippen LogP contribution in [0.4, 0.5) is 5.69 Å². The molecule has 0 unspecified atom stereocenters. The maximum absolute atomic E-state index is 11.9. The minimum absolute atomic E-state index is 0.154. The molecular formula is C15H23NO5S. The number of nitrogens with one attached hydrogen (secondary N) is 1. The second-order valence-corrected chi connectivity index (χ2v) is 7.05. The number of carboxylic acid groups (broad SMARTS) is 1. The number of thiophene rings is 1. The van der Waals surface area contributed by atoms with Crippen LogP contribution in [-0.2, 0) is 19.7 Å². The molecule has 0 aliphatic heterocycles. The topological polar surface area (TPSA) is 84.9 Å². The lowest BCUT2D eigenvalue weighted by Crippen LogP contribution is -2.40. The summed E-state index contributed by atoms with van der Waals surface area (Å²) in [4.78, 5) is 24.7. The van der Waals surface area contributed by atoms with Gasteiger partial charge < -0.3 is 19.9 Å². The molecule has 1 rings (SSSR count). The smallest absolute Gasteiger partial charge is 0.350 e. The van der Waals surface area contributed by atoms with Crippen LogP contribution >= 0.6 is 11.3 Å². The summed E-state index contributed by atoms with van der Waals surface area (Å²) in [6.07, 6.45) is -0.555. The standard InChI is InChI=1S/C15H23NO5S/c1-8(20-5)11(13(17)18)16-9-7-10(15(2,3)4)22-12(9)14(19)21-6/h7-8,11,16H,1-6H3,(H,17,18)/t8-,11-/m0/s1. The molecule has 2 N–H and O–H groups in total. The van der Waals surface area contributed by atoms with E-state index in [9.17, 15) is 14.7 Å². The van der Waals surface area contributed by atoms with E-state index in [0.29, 0.717) is 10.6 Å². The summed E-state index contributed by atoms with van der Waals surface area (Å²) < 4.78 is 9.88. The number of aliphatic carboxylic acids is 1. The average molecular weight is 329 g/mol. The molecule has 22 heavy (non-hydrogen) atoms. The molecule has 0 saturated carbocycles. The largest absolute Gasteiger partial charge is 0.480 e. The molecule has 0 saturated heterocycles. The van der Waals surface area contributed by atoms with Crippen LogP contribution in [0.3, 0.4) is 0 Å². The zero-order valence-electron chi connectivity index (χ0n) is 13.7. The molecule has 6 nitrogen and oxygen atoms in total. The Morgan fingerprint density at radius 3 is 2.32 bits per heavy atom. The molecule has 0 fully saturated rings. The number of carbonyl (C=O) groups excluding carboxylic acids is 1. The minimum Gasteiger partial charge on any atom is -0.480 e. The number of methoxy groups -OCH3 is 2. The third-order valence-electron chi connectivity index (χ3n) is 3.26. The fourth-order valence-electron chi connectivity index (χ4n) is 1.80. The van der Waals surface area contributed by atoms with Gasteiger partial charge in [-0.15, -0.1) is 11.3 Å². The number of carbonyl (C=O) groups is 2. The van der Waals surface area contributed by atoms with Gasteiger partial charge in [-0.25, -0.2) is 9.59 Å². The molecule has 0 aromatic carbocycles. The van der Waals surface area contributed by atoms with E-state index in [2.05, 4.69) is 5.32 Å². The van der Waals surface area contributed by atoms with Crippen LogP contribution < -0.4 is 5.32 Å². The summed E-state index contributed by atoms with van der Waals surface area (Å²) in [5, 5.41) is 12.2. The zero-order valence-corrected chi connectivity index (χ0v) is 14.5. The second-order valence-electron chi connectivity index (χ2n) is 6.00. The Bertz CT molecular complexity index is 547. The first kappa shape index (κ1) is 18.4. The van der Waals surface area contributed by atoms with Gasteiger partial charge >= 0.3 is 11.9 Å². The number of hydrogen-bond acceptors (Lipinski definition) is 6. The van der Waals surface area contributed by atoms with Gasteiger partial charge in [-0.05, 0) is 18.4 Å². The Morgan fingerprint density at radius 1 is 1.32 bits per heavy atom. The highest BCUT2D eigenvalue weighted by Gasteiger charge is 2.29. The van der Waals surface area contributed by atoms with Gasteiger partial charge in [-0.2, -0.15) is 0 Å². The van der Waals surface area contributed by atoms with Gasteiger partial charge in [0, 0.05) is 12.0 Å². The molecule has 0 radical (unpaired) electrons. The van der Waals surface area contributed by atoms with Gasteiger partial charge in [0.15, 0.2) is 6.04 Å². The van der Waals surface area contributed by atoms with Crippen molar-refractivity contribution in [2.75, 3.05) is 19.5 Å². The summed E-state index contributed by atoms with van der Waals surface area (Å²) >= 11 is 1.30. The van der Waals surface area contributed by atoms with Crippen LogP contribution in [0.2, 0.25) is 0 Å². The number of hydrogen-bond donors (Lipinski definition) is 2. The van der Waals surface area contributed by atoms with E-state index in [-0.39, 0.29) is 5.41 Å². The van der Waals surface area contributed by atoms with E-state index in [1.165, 1.54) is 25.6 Å². The Morgan fingerprint density at radius 2 is 1.91 bits per heavy atom. The Hall–Kier alpha value is -1.60. The third kappa shape index (κ3) is 4.20. The van der Waals surface area contributed by atoms with Gasteiger partial charge in [0.05, 0.1) is 18.9 Å². The Kier molecular flexibility index (Phi) is 5.96. The third-order valence-corrected chi connectivity index (χ3v) is 4.80. The van der Waals surface area contributed by atoms with Crippen molar-refractivity contribution in [2.24, 2.45) is 0 Å². The molecule has 0 spiro atoms. The van der Waals surface area contributed by atoms with Crippen LogP contribution in [-0.4, -0.2) is 43.4 Å². The van der Waals surface area contributed by atoms with Crippen molar-refractivity contribution in [2.45, 2.75) is 45.3 Å². The van der Waals surface area contributed by atoms with Gasteiger partial charge in [0.25, 0.3) is 0 Å². The van der Waals surface area contributed by atoms with E-state index < -0.39 is 24.1 Å². The van der Waals surface area contributed by atoms with Crippen molar-refractivity contribution in [3.8, 4) is 0 Å². The zero-order chi connectivity index (χ0) is 17.1. The van der Waals surface area contributed by atoms with E-state index in [4.69, 9.17) is 9.47 Å². The normalized spacial score (nSPS) is 14.3. The number of carboxylic acids is 1. The molecule has 1 aromatic heterocycles. The molecule has 0 aliphatic rings. The number of esters is 1. The van der Waals surface area contributed by atoms with Gasteiger partial charge in [0.2, 0.25) is 0 Å². The molecule has 1 heterocycles. The maximum atomic E-state index is 11.9. The van der Waals surface area contributed by atoms with Crippen LogP contribution in [0.15, 0.2) is 6.07 Å². The van der Waals surface area contributed by atoms with E-state index in [1.807, 2.05) is 20.8 Å². The second kappa shape index (κ2) is 7.11. The Balaban J connectivity index is 3.23. The summed E-state index contributed by atoms with van der Waals surface area (Å²) in [5.41, 5.74) is 0.303. The lowest BCUT2D eigenvalue weighted by atomic mass is 9.94. The fourth-order valence-corrected chi connectivity index (χ4v) is 2.89. The van der Waals surface area contributed by atoms with E-state index in [0.717, 1.165) is 4.88 Å². The SMILES string of the molecule is COC(=O)c1sc(C(C)(C)C)cc1N[C@H](C(=O)O)[C@H](C)OC. The lowest BCUT2D eigenvalue weighted by molar-refractivity contribution is -0.140. The molecule has 0 amide bonds. The van der Waals surface area contributed by atoms with Crippen LogP contribution in [0.1, 0.15) is 42.2 Å². The molecule has 1 aromatic rings. The predicted molar refractivity (Wildman–Crippen MR) is 85.9 cm³/mol. The van der Waals surface area contributed by atoms with E-state index >= 15 is 0 Å². The van der Waals surface area contributed by atoms with Crippen molar-refractivity contribution < 1.29 is 24.2 Å². The first-order valence-electron chi connectivity index (χ1n) is 6.86. The number of rotatable bonds is 6. The summed E-state index contributed by atoms with van der Waals surface area (Å²) in [6.45, 7) is 7.73. The van der Waals surface area contributed by atoms with Crippen molar-refractivity contribution in [1.82, 2.24) is 0 Å². The molecule has 7 heteroatoms. The monoisotopic (exact) mass is 329 g/mol. The lowest BCUT2D eigenvalue weighted by Gasteiger charge is -2.21. The fraction of sp³-hybridized carbons (Fsp3) is 0.600. The Labute approximate surface area is 134 Å². The molecule has 0 bridgehead atoms. The molecular weight excluding hydrogens is 306 g/mol. The quantitative estimate of drug-likeness (QED) is 0.781. The van der Waals surface area contributed by atoms with Crippen molar-refractivity contribution in [3.63, 3.8) is 0 Å². The van der Waals surface area contributed by atoms with E-state index in [1.54, 1.807) is 13.0 Å². The summed E-state index contributed by atoms with van der Waals surface area (Å²) in [5.74, 6) is -1.54. The number of ether oxygens (including phenoxy) is 2. The average Bonchev–Trinajstić information content (AvgIpc) is 2.86. The van der Waals surface area contributed by atoms with Gasteiger partial charge in [0.1, 0.15) is 4.88 Å². The first-order valence-corrected chi connectivity index (χ1v) is 7.68. The van der Waals surface area contributed by atoms with Crippen LogP contribution in [0.25, 0.3) is 0 Å². The summed E-state index contributed by atoms with van der Waals surface area (Å²) in [7, 11) is 2.74. The number of anilines is 1. The van der Waals surface area contributed by atoms with Crippen LogP contribution in [0.5, 0.6) is 0 Å². The maximum Gasteiger partial charge on any atom is 0.350 e. The highest BCUT2D eigenvalue weighted by molar-refractivity contribution is 7.14. The van der Waals surface area contributed by atoms with Crippen LogP contribution in [0, 0.1) is 0 Å². The molecule has 2 atom stereocenters.